The standard InChI is InChI=1S/C68H38S6/c1-3-7-59-51(5-1)57(37-69-59)45-21-17-41(18-22-45)39-9-13-43(14-10-39)47-25-29-53-61(33-47)71-67-55-31-27-49(35-63(55)73-65(53)67)50-28-32-56-64(36-50)74-66-54-30-26-48(34-62(54)72-68(56)66)44-15-11-40(12-16-44)42-19-23-46(24-20-42)58-38-70-60-8-4-2-6-52(58)60/h1-38H. The SMILES string of the molecule is c1ccc2c(-c3ccc(-c4ccc(-c5ccc6c(c5)sc5c7ccc(-c8ccc9c(c8)sc8c%10ccc(-c%11ccc(-c%12ccc(-c%13csc%14ccccc%13%14)cc%12)cc%11)cc%10sc98)cc7sc65)cc4)cc3)csc2c1. The number of hydrogen-bond acceptors (Lipinski definition) is 6. The highest BCUT2D eigenvalue weighted by Crippen LogP contribution is 2.49. The van der Waals surface area contributed by atoms with Crippen molar-refractivity contribution >= 4 is 147 Å². The molecular weight excluding hydrogens is 1010 g/mol. The van der Waals surface area contributed by atoms with Gasteiger partial charge in [-0.3, -0.25) is 0 Å². The Labute approximate surface area is 450 Å². The molecule has 346 valence electrons. The lowest BCUT2D eigenvalue weighted by atomic mass is 9.98. The Morgan fingerprint density at radius 1 is 0.189 bits per heavy atom. The van der Waals surface area contributed by atoms with Crippen LogP contribution in [0.3, 0.4) is 0 Å². The van der Waals surface area contributed by atoms with Gasteiger partial charge in [0.1, 0.15) is 0 Å². The molecule has 6 aromatic heterocycles. The Hall–Kier alpha value is -7.52. The zero-order valence-corrected chi connectivity index (χ0v) is 44.3. The first-order valence-corrected chi connectivity index (χ1v) is 29.8. The summed E-state index contributed by atoms with van der Waals surface area (Å²) in [6.07, 6.45) is 0. The van der Waals surface area contributed by atoms with Crippen LogP contribution in [0.5, 0.6) is 0 Å². The summed E-state index contributed by atoms with van der Waals surface area (Å²) in [6, 6.07) is 81.8. The number of hydrogen-bond donors (Lipinski definition) is 0. The van der Waals surface area contributed by atoms with Crippen molar-refractivity contribution in [1.82, 2.24) is 0 Å². The predicted octanol–water partition coefficient (Wildman–Crippen LogP) is 23.0. The number of thiophene rings is 6. The molecule has 16 rings (SSSR count). The molecule has 6 heteroatoms. The predicted molar refractivity (Wildman–Crippen MR) is 332 cm³/mol. The molecule has 16 aromatic rings. The average molecular weight is 1050 g/mol. The van der Waals surface area contributed by atoms with Crippen molar-refractivity contribution in [3.63, 3.8) is 0 Å². The molecule has 0 radical (unpaired) electrons. The second-order valence-electron chi connectivity index (χ2n) is 19.2. The van der Waals surface area contributed by atoms with Crippen molar-refractivity contribution in [1.29, 1.82) is 0 Å². The topological polar surface area (TPSA) is 0 Å². The Morgan fingerprint density at radius 3 is 0.743 bits per heavy atom. The van der Waals surface area contributed by atoms with Crippen LogP contribution in [-0.4, -0.2) is 0 Å². The zero-order valence-electron chi connectivity index (χ0n) is 39.4. The number of fused-ring (bicyclic) bond motifs is 12. The fraction of sp³-hybridized carbons (Fsp3) is 0. The van der Waals surface area contributed by atoms with Crippen molar-refractivity contribution in [2.75, 3.05) is 0 Å². The average Bonchev–Trinajstić information content (AvgIpc) is 4.34. The molecule has 0 fully saturated rings. The van der Waals surface area contributed by atoms with E-state index in [1.54, 1.807) is 0 Å². The maximum absolute atomic E-state index is 2.41. The van der Waals surface area contributed by atoms with Crippen molar-refractivity contribution in [3.8, 4) is 77.9 Å². The second kappa shape index (κ2) is 17.0. The lowest BCUT2D eigenvalue weighted by molar-refractivity contribution is 1.60. The van der Waals surface area contributed by atoms with E-state index in [4.69, 9.17) is 0 Å². The van der Waals surface area contributed by atoms with Gasteiger partial charge in [0.2, 0.25) is 0 Å². The van der Waals surface area contributed by atoms with Gasteiger partial charge in [-0.15, -0.1) is 68.0 Å². The fourth-order valence-electron chi connectivity index (χ4n) is 11.0. The van der Waals surface area contributed by atoms with Gasteiger partial charge in [0, 0.05) is 71.6 Å². The van der Waals surface area contributed by atoms with E-state index in [2.05, 4.69) is 229 Å². The second-order valence-corrected chi connectivity index (χ2v) is 25.2. The summed E-state index contributed by atoms with van der Waals surface area (Å²) in [5.41, 5.74) is 17.6. The normalized spacial score (nSPS) is 12.1. The molecule has 6 heterocycles. The van der Waals surface area contributed by atoms with Gasteiger partial charge in [-0.1, -0.05) is 182 Å². The lowest BCUT2D eigenvalue weighted by Gasteiger charge is -2.07. The molecule has 0 aliphatic heterocycles. The lowest BCUT2D eigenvalue weighted by Crippen LogP contribution is -1.82. The summed E-state index contributed by atoms with van der Waals surface area (Å²) in [7, 11) is 0. The van der Waals surface area contributed by atoms with Crippen LogP contribution in [-0.2, 0) is 0 Å². The van der Waals surface area contributed by atoms with E-state index in [9.17, 15) is 0 Å². The smallest absolute Gasteiger partial charge is 0.0542 e. The van der Waals surface area contributed by atoms with Crippen LogP contribution < -0.4 is 0 Å². The van der Waals surface area contributed by atoms with Crippen molar-refractivity contribution in [2.45, 2.75) is 0 Å². The van der Waals surface area contributed by atoms with Crippen LogP contribution in [0.1, 0.15) is 0 Å². The van der Waals surface area contributed by atoms with E-state index in [0.29, 0.717) is 0 Å². The third kappa shape index (κ3) is 7.01. The minimum Gasteiger partial charge on any atom is -0.143 e. The Kier molecular flexibility index (Phi) is 9.87. The molecule has 74 heavy (non-hydrogen) atoms. The summed E-state index contributed by atoms with van der Waals surface area (Å²) in [5, 5.41) is 12.6. The highest BCUT2D eigenvalue weighted by atomic mass is 32.1. The first-order valence-electron chi connectivity index (χ1n) is 24.7. The minimum absolute atomic E-state index is 1.23. The van der Waals surface area contributed by atoms with Crippen molar-refractivity contribution in [3.05, 3.63) is 229 Å². The fourth-order valence-corrected chi connectivity index (χ4v) is 18.4. The summed E-state index contributed by atoms with van der Waals surface area (Å²) < 4.78 is 13.6. The maximum atomic E-state index is 2.41. The highest BCUT2D eigenvalue weighted by molar-refractivity contribution is 7.37. The van der Waals surface area contributed by atoms with Crippen molar-refractivity contribution < 1.29 is 0 Å². The zero-order chi connectivity index (χ0) is 48.4. The van der Waals surface area contributed by atoms with Gasteiger partial charge in [0.25, 0.3) is 0 Å². The third-order valence-electron chi connectivity index (χ3n) is 15.0. The Balaban J connectivity index is 0.631. The summed E-state index contributed by atoms with van der Waals surface area (Å²) >= 11 is 11.3. The van der Waals surface area contributed by atoms with Crippen LogP contribution in [0.25, 0.3) is 157 Å². The summed E-state index contributed by atoms with van der Waals surface area (Å²) in [6.45, 7) is 0. The highest BCUT2D eigenvalue weighted by Gasteiger charge is 2.18. The van der Waals surface area contributed by atoms with Gasteiger partial charge in [-0.2, -0.15) is 0 Å². The van der Waals surface area contributed by atoms with Gasteiger partial charge < -0.3 is 0 Å². The van der Waals surface area contributed by atoms with Crippen LogP contribution in [0.15, 0.2) is 229 Å². The van der Waals surface area contributed by atoms with Crippen LogP contribution >= 0.6 is 68.0 Å². The molecule has 0 saturated heterocycles. The number of rotatable bonds is 7. The van der Waals surface area contributed by atoms with Gasteiger partial charge in [0.05, 0.1) is 18.8 Å². The number of benzene rings is 10. The Bertz CT molecular complexity index is 4550. The summed E-state index contributed by atoms with van der Waals surface area (Å²) in [5.74, 6) is 0. The molecule has 0 aliphatic rings. The molecule has 10 aromatic carbocycles. The molecule has 0 bridgehead atoms. The maximum Gasteiger partial charge on any atom is 0.0542 e. The van der Waals surface area contributed by atoms with Crippen LogP contribution in [0.4, 0.5) is 0 Å². The van der Waals surface area contributed by atoms with E-state index in [0.717, 1.165) is 0 Å². The monoisotopic (exact) mass is 1050 g/mol. The van der Waals surface area contributed by atoms with E-state index in [-0.39, 0.29) is 0 Å². The molecule has 0 unspecified atom stereocenters. The van der Waals surface area contributed by atoms with E-state index < -0.39 is 0 Å². The van der Waals surface area contributed by atoms with E-state index in [1.165, 1.54) is 157 Å². The third-order valence-corrected chi connectivity index (χ3v) is 21.9. The summed E-state index contributed by atoms with van der Waals surface area (Å²) in [4.78, 5) is 0. The van der Waals surface area contributed by atoms with Gasteiger partial charge >= 0.3 is 0 Å². The molecule has 0 aliphatic carbocycles. The first-order chi connectivity index (χ1) is 36.6. The Morgan fingerprint density at radius 2 is 0.432 bits per heavy atom. The van der Waals surface area contributed by atoms with E-state index in [1.807, 2.05) is 68.0 Å². The first kappa shape index (κ1) is 42.9. The molecule has 0 atom stereocenters. The van der Waals surface area contributed by atoms with Gasteiger partial charge in [-0.05, 0) is 114 Å². The molecule has 0 N–H and O–H groups in total. The van der Waals surface area contributed by atoms with Gasteiger partial charge in [0.15, 0.2) is 0 Å². The molecular formula is C68H38S6. The molecule has 0 nitrogen and oxygen atoms in total. The largest absolute Gasteiger partial charge is 0.143 e. The molecule has 0 saturated carbocycles. The molecule has 0 amide bonds. The van der Waals surface area contributed by atoms with Gasteiger partial charge in [-0.25, -0.2) is 0 Å². The molecule has 0 spiro atoms. The van der Waals surface area contributed by atoms with Crippen LogP contribution in [0, 0.1) is 0 Å². The van der Waals surface area contributed by atoms with Crippen LogP contribution in [0.2, 0.25) is 0 Å². The quantitative estimate of drug-likeness (QED) is 0.149. The van der Waals surface area contributed by atoms with Crippen molar-refractivity contribution in [2.24, 2.45) is 0 Å². The van der Waals surface area contributed by atoms with E-state index >= 15 is 0 Å². The minimum atomic E-state index is 1.23.